The first-order valence-electron chi connectivity index (χ1n) is 5.27. The van der Waals surface area contributed by atoms with E-state index in [-0.39, 0.29) is 18.1 Å². The van der Waals surface area contributed by atoms with Crippen LogP contribution in [0.3, 0.4) is 0 Å². The lowest BCUT2D eigenvalue weighted by Crippen LogP contribution is -2.27. The van der Waals surface area contributed by atoms with E-state index in [0.29, 0.717) is 15.7 Å². The van der Waals surface area contributed by atoms with Crippen LogP contribution in [0.5, 0.6) is 0 Å². The quantitative estimate of drug-likeness (QED) is 0.867. The molecule has 0 unspecified atom stereocenters. The molecular formula is C12H14BrCl2NO2. The highest BCUT2D eigenvalue weighted by Crippen LogP contribution is 2.33. The molecular weight excluding hydrogens is 341 g/mol. The Labute approximate surface area is 125 Å². The van der Waals surface area contributed by atoms with Crippen molar-refractivity contribution in [2.24, 2.45) is 0 Å². The summed E-state index contributed by atoms with van der Waals surface area (Å²) in [5.74, 6) is -0.295. The first-order valence-corrected chi connectivity index (χ1v) is 6.82. The lowest BCUT2D eigenvalue weighted by Gasteiger charge is -2.19. The number of amides is 1. The molecule has 0 aliphatic rings. The molecule has 0 spiro atoms. The van der Waals surface area contributed by atoms with Gasteiger partial charge in [0.15, 0.2) is 0 Å². The third kappa shape index (κ3) is 5.14. The zero-order valence-electron chi connectivity index (χ0n) is 10.3. The topological polar surface area (TPSA) is 38.3 Å². The smallest absolute Gasteiger partial charge is 0.250 e. The van der Waals surface area contributed by atoms with Crippen molar-refractivity contribution in [3.63, 3.8) is 0 Å². The van der Waals surface area contributed by atoms with Crippen molar-refractivity contribution in [2.45, 2.75) is 26.4 Å². The fraction of sp³-hybridized carbons (Fsp3) is 0.417. The summed E-state index contributed by atoms with van der Waals surface area (Å²) >= 11 is 15.3. The van der Waals surface area contributed by atoms with Gasteiger partial charge in [-0.3, -0.25) is 4.79 Å². The number of nitrogens with one attached hydrogen (secondary N) is 1. The van der Waals surface area contributed by atoms with E-state index < -0.39 is 0 Å². The number of carbonyl (C=O) groups is 1. The van der Waals surface area contributed by atoms with Gasteiger partial charge in [-0.1, -0.05) is 39.1 Å². The number of hydrogen-bond donors (Lipinski definition) is 1. The number of carbonyl (C=O) groups excluding carboxylic acids is 1. The number of rotatable bonds is 3. The van der Waals surface area contributed by atoms with E-state index >= 15 is 0 Å². The van der Waals surface area contributed by atoms with Gasteiger partial charge in [0.2, 0.25) is 5.91 Å². The van der Waals surface area contributed by atoms with Crippen molar-refractivity contribution in [1.82, 2.24) is 0 Å². The maximum absolute atomic E-state index is 11.7. The molecule has 1 N–H and O–H groups in total. The molecule has 1 rings (SSSR count). The maximum Gasteiger partial charge on any atom is 0.250 e. The molecule has 0 saturated heterocycles. The van der Waals surface area contributed by atoms with Crippen LogP contribution in [0.25, 0.3) is 0 Å². The third-order valence-corrected chi connectivity index (χ3v) is 2.96. The predicted molar refractivity (Wildman–Crippen MR) is 78.5 cm³/mol. The fourth-order valence-electron chi connectivity index (χ4n) is 1.12. The molecule has 1 aromatic carbocycles. The van der Waals surface area contributed by atoms with Crippen LogP contribution >= 0.6 is 39.1 Å². The first kappa shape index (κ1) is 15.8. The summed E-state index contributed by atoms with van der Waals surface area (Å²) in [6, 6.07) is 3.32. The van der Waals surface area contributed by atoms with Crippen molar-refractivity contribution in [3.8, 4) is 0 Å². The molecule has 100 valence electrons. The van der Waals surface area contributed by atoms with Gasteiger partial charge in [-0.2, -0.15) is 0 Å². The normalized spacial score (nSPS) is 11.4. The second-order valence-electron chi connectivity index (χ2n) is 4.69. The molecule has 0 fully saturated rings. The number of benzene rings is 1. The van der Waals surface area contributed by atoms with E-state index in [9.17, 15) is 4.79 Å². The van der Waals surface area contributed by atoms with Crippen LogP contribution in [-0.2, 0) is 9.53 Å². The Morgan fingerprint density at radius 2 is 1.83 bits per heavy atom. The van der Waals surface area contributed by atoms with Crippen LogP contribution in [-0.4, -0.2) is 18.1 Å². The minimum atomic E-state index is -0.370. The molecule has 1 amide bonds. The van der Waals surface area contributed by atoms with Gasteiger partial charge in [0.1, 0.15) is 6.61 Å². The SMILES string of the molecule is CC(C)(C)OCC(=O)Nc1c(Cl)cc(Br)cc1Cl. The Balaban J connectivity index is 2.71. The van der Waals surface area contributed by atoms with Gasteiger partial charge in [-0.25, -0.2) is 0 Å². The summed E-state index contributed by atoms with van der Waals surface area (Å²) < 4.78 is 6.11. The molecule has 0 heterocycles. The second kappa shape index (κ2) is 6.24. The zero-order chi connectivity index (χ0) is 13.9. The molecule has 3 nitrogen and oxygen atoms in total. The summed E-state index contributed by atoms with van der Waals surface area (Å²) in [5.41, 5.74) is 0.0222. The molecule has 0 aromatic heterocycles. The molecule has 0 atom stereocenters. The van der Waals surface area contributed by atoms with E-state index in [2.05, 4.69) is 21.2 Å². The van der Waals surface area contributed by atoms with Crippen LogP contribution in [0.1, 0.15) is 20.8 Å². The van der Waals surface area contributed by atoms with E-state index in [1.807, 2.05) is 20.8 Å². The van der Waals surface area contributed by atoms with E-state index in [1.54, 1.807) is 12.1 Å². The zero-order valence-corrected chi connectivity index (χ0v) is 13.4. The summed E-state index contributed by atoms with van der Waals surface area (Å²) in [6.45, 7) is 5.58. The summed E-state index contributed by atoms with van der Waals surface area (Å²) in [7, 11) is 0. The van der Waals surface area contributed by atoms with Gasteiger partial charge in [-0.05, 0) is 32.9 Å². The van der Waals surface area contributed by atoms with Crippen LogP contribution in [0, 0.1) is 0 Å². The Bertz CT molecular complexity index is 435. The number of ether oxygens (including phenoxy) is 1. The van der Waals surface area contributed by atoms with Gasteiger partial charge in [-0.15, -0.1) is 0 Å². The summed E-state index contributed by atoms with van der Waals surface area (Å²) in [6.07, 6.45) is 0. The molecule has 0 aliphatic carbocycles. The van der Waals surface area contributed by atoms with Crippen molar-refractivity contribution in [1.29, 1.82) is 0 Å². The minimum Gasteiger partial charge on any atom is -0.366 e. The monoisotopic (exact) mass is 353 g/mol. The summed E-state index contributed by atoms with van der Waals surface area (Å²) in [5, 5.41) is 3.38. The predicted octanol–water partition coefficient (Wildman–Crippen LogP) is 4.51. The van der Waals surface area contributed by atoms with Gasteiger partial charge in [0, 0.05) is 4.47 Å². The lowest BCUT2D eigenvalue weighted by atomic mass is 10.2. The fourth-order valence-corrected chi connectivity index (χ4v) is 2.42. The highest BCUT2D eigenvalue weighted by Gasteiger charge is 2.15. The average Bonchev–Trinajstić information content (AvgIpc) is 2.19. The van der Waals surface area contributed by atoms with Crippen molar-refractivity contribution >= 4 is 50.7 Å². The maximum atomic E-state index is 11.7. The number of anilines is 1. The van der Waals surface area contributed by atoms with Crippen LogP contribution < -0.4 is 5.32 Å². The Morgan fingerprint density at radius 1 is 1.33 bits per heavy atom. The van der Waals surface area contributed by atoms with Crippen molar-refractivity contribution in [3.05, 3.63) is 26.7 Å². The van der Waals surface area contributed by atoms with Crippen molar-refractivity contribution < 1.29 is 9.53 Å². The van der Waals surface area contributed by atoms with E-state index in [1.165, 1.54) is 0 Å². The van der Waals surface area contributed by atoms with Crippen LogP contribution in [0.15, 0.2) is 16.6 Å². The van der Waals surface area contributed by atoms with Crippen molar-refractivity contribution in [2.75, 3.05) is 11.9 Å². The largest absolute Gasteiger partial charge is 0.366 e. The molecule has 0 radical (unpaired) electrons. The first-order chi connectivity index (χ1) is 8.19. The van der Waals surface area contributed by atoms with Crippen LogP contribution in [0.2, 0.25) is 10.0 Å². The van der Waals surface area contributed by atoms with Gasteiger partial charge in [0.05, 0.1) is 21.3 Å². The van der Waals surface area contributed by atoms with Gasteiger partial charge < -0.3 is 10.1 Å². The average molecular weight is 355 g/mol. The second-order valence-corrected chi connectivity index (χ2v) is 6.42. The molecule has 6 heteroatoms. The highest BCUT2D eigenvalue weighted by molar-refractivity contribution is 9.10. The summed E-state index contributed by atoms with van der Waals surface area (Å²) in [4.78, 5) is 11.7. The standard InChI is InChI=1S/C12H14BrCl2NO2/c1-12(2,3)18-6-10(17)16-11-8(14)4-7(13)5-9(11)15/h4-5H,6H2,1-3H3,(H,16,17). The Morgan fingerprint density at radius 3 is 2.28 bits per heavy atom. The molecule has 0 bridgehead atoms. The van der Waals surface area contributed by atoms with E-state index in [4.69, 9.17) is 27.9 Å². The number of halogens is 3. The van der Waals surface area contributed by atoms with Crippen LogP contribution in [0.4, 0.5) is 5.69 Å². The molecule has 1 aromatic rings. The number of hydrogen-bond acceptors (Lipinski definition) is 2. The van der Waals surface area contributed by atoms with E-state index in [0.717, 1.165) is 4.47 Å². The lowest BCUT2D eigenvalue weighted by molar-refractivity contribution is -0.125. The molecule has 18 heavy (non-hydrogen) atoms. The van der Waals surface area contributed by atoms with Gasteiger partial charge >= 0.3 is 0 Å². The minimum absolute atomic E-state index is 0.0494. The molecule has 0 aliphatic heterocycles. The highest BCUT2D eigenvalue weighted by atomic mass is 79.9. The Kier molecular flexibility index (Phi) is 5.46. The molecule has 0 saturated carbocycles. The third-order valence-electron chi connectivity index (χ3n) is 1.91. The Hall–Kier alpha value is -0.290. The van der Waals surface area contributed by atoms with Gasteiger partial charge in [0.25, 0.3) is 0 Å².